The summed E-state index contributed by atoms with van der Waals surface area (Å²) < 4.78 is 12.8. The van der Waals surface area contributed by atoms with Gasteiger partial charge >= 0.3 is 5.97 Å². The molecule has 1 saturated heterocycles. The molecule has 1 N–H and O–H groups in total. The Kier molecular flexibility index (Phi) is 4.20. The first kappa shape index (κ1) is 14.0. The van der Waals surface area contributed by atoms with Gasteiger partial charge in [0.1, 0.15) is 5.82 Å². The van der Waals surface area contributed by atoms with Gasteiger partial charge in [0, 0.05) is 19.1 Å². The molecule has 19 heavy (non-hydrogen) atoms. The van der Waals surface area contributed by atoms with Crippen LogP contribution in [0.15, 0.2) is 24.3 Å². The smallest absolute Gasteiger partial charge is 0.308 e. The zero-order valence-corrected chi connectivity index (χ0v) is 11.3. The Balaban J connectivity index is 1.96. The van der Waals surface area contributed by atoms with Crippen LogP contribution in [0.5, 0.6) is 0 Å². The van der Waals surface area contributed by atoms with Crippen LogP contribution in [-0.2, 0) is 11.2 Å². The number of carboxylic acid groups (broad SMARTS) is 1. The molecular formula is C15H20FNO2. The van der Waals surface area contributed by atoms with Crippen LogP contribution in [0.1, 0.15) is 19.4 Å². The molecule has 3 atom stereocenters. The number of hydrogen-bond donors (Lipinski definition) is 1. The van der Waals surface area contributed by atoms with Crippen molar-refractivity contribution < 1.29 is 14.3 Å². The van der Waals surface area contributed by atoms with Crippen LogP contribution >= 0.6 is 0 Å². The van der Waals surface area contributed by atoms with Gasteiger partial charge in [0.2, 0.25) is 0 Å². The molecule has 1 heterocycles. The second-order valence-corrected chi connectivity index (χ2v) is 5.56. The summed E-state index contributed by atoms with van der Waals surface area (Å²) in [5.74, 6) is -1.01. The van der Waals surface area contributed by atoms with Crippen molar-refractivity contribution in [1.29, 1.82) is 0 Å². The fourth-order valence-electron chi connectivity index (χ4n) is 2.78. The van der Waals surface area contributed by atoms with Crippen molar-refractivity contribution in [2.24, 2.45) is 11.8 Å². The summed E-state index contributed by atoms with van der Waals surface area (Å²) in [4.78, 5) is 13.3. The van der Waals surface area contributed by atoms with Crippen molar-refractivity contribution in [2.75, 3.05) is 13.1 Å². The molecule has 3 unspecified atom stereocenters. The van der Waals surface area contributed by atoms with E-state index in [0.717, 1.165) is 18.5 Å². The molecule has 1 aromatic rings. The van der Waals surface area contributed by atoms with Crippen LogP contribution in [0.2, 0.25) is 0 Å². The fraction of sp³-hybridized carbons (Fsp3) is 0.533. The molecular weight excluding hydrogens is 245 g/mol. The molecule has 1 fully saturated rings. The van der Waals surface area contributed by atoms with E-state index in [4.69, 9.17) is 5.11 Å². The molecule has 3 nitrogen and oxygen atoms in total. The molecule has 0 amide bonds. The van der Waals surface area contributed by atoms with E-state index in [1.807, 2.05) is 6.92 Å². The number of aliphatic carboxylic acids is 1. The largest absolute Gasteiger partial charge is 0.481 e. The number of carbonyl (C=O) groups is 1. The molecule has 0 aromatic heterocycles. The monoisotopic (exact) mass is 265 g/mol. The van der Waals surface area contributed by atoms with E-state index < -0.39 is 5.97 Å². The van der Waals surface area contributed by atoms with E-state index in [-0.39, 0.29) is 23.7 Å². The highest BCUT2D eigenvalue weighted by Gasteiger charge is 2.36. The molecule has 104 valence electrons. The second-order valence-electron chi connectivity index (χ2n) is 5.56. The first-order valence-electron chi connectivity index (χ1n) is 6.68. The summed E-state index contributed by atoms with van der Waals surface area (Å²) in [6, 6.07) is 6.79. The molecule has 0 saturated carbocycles. The minimum atomic E-state index is -0.705. The van der Waals surface area contributed by atoms with E-state index in [1.165, 1.54) is 12.1 Å². The molecule has 0 spiro atoms. The summed E-state index contributed by atoms with van der Waals surface area (Å²) >= 11 is 0. The predicted octanol–water partition coefficient (Wildman–Crippen LogP) is 2.41. The second kappa shape index (κ2) is 5.70. The lowest BCUT2D eigenvalue weighted by molar-refractivity contribution is -0.142. The van der Waals surface area contributed by atoms with Crippen molar-refractivity contribution in [3.8, 4) is 0 Å². The van der Waals surface area contributed by atoms with Crippen LogP contribution in [0.4, 0.5) is 4.39 Å². The summed E-state index contributed by atoms with van der Waals surface area (Å²) in [7, 11) is 0. The standard InChI is InChI=1S/C15H20FNO2/c1-10-8-17(9-14(10)15(18)19)11(2)7-12-3-5-13(16)6-4-12/h3-6,10-11,14H,7-9H2,1-2H3,(H,18,19). The Morgan fingerprint density at radius 1 is 1.42 bits per heavy atom. The van der Waals surface area contributed by atoms with Gasteiger partial charge in [0.15, 0.2) is 0 Å². The quantitative estimate of drug-likeness (QED) is 0.909. The molecule has 2 rings (SSSR count). The maximum absolute atomic E-state index is 12.8. The number of carboxylic acids is 1. The molecule has 0 bridgehead atoms. The zero-order valence-electron chi connectivity index (χ0n) is 11.3. The van der Waals surface area contributed by atoms with Gasteiger partial charge in [0.25, 0.3) is 0 Å². The van der Waals surface area contributed by atoms with Gasteiger partial charge in [-0.25, -0.2) is 4.39 Å². The van der Waals surface area contributed by atoms with Gasteiger partial charge in [-0.15, -0.1) is 0 Å². The summed E-state index contributed by atoms with van der Waals surface area (Å²) in [5, 5.41) is 9.14. The van der Waals surface area contributed by atoms with Crippen molar-refractivity contribution in [3.63, 3.8) is 0 Å². The van der Waals surface area contributed by atoms with Crippen LogP contribution in [-0.4, -0.2) is 35.1 Å². The average Bonchev–Trinajstić information content (AvgIpc) is 2.74. The topological polar surface area (TPSA) is 40.5 Å². The van der Waals surface area contributed by atoms with E-state index in [2.05, 4.69) is 11.8 Å². The zero-order chi connectivity index (χ0) is 14.0. The molecule has 1 aromatic carbocycles. The lowest BCUT2D eigenvalue weighted by Crippen LogP contribution is -2.33. The van der Waals surface area contributed by atoms with E-state index in [9.17, 15) is 9.18 Å². The third-order valence-corrected chi connectivity index (χ3v) is 4.03. The van der Waals surface area contributed by atoms with Gasteiger partial charge in [-0.2, -0.15) is 0 Å². The number of rotatable bonds is 4. The highest BCUT2D eigenvalue weighted by molar-refractivity contribution is 5.71. The fourth-order valence-corrected chi connectivity index (χ4v) is 2.78. The van der Waals surface area contributed by atoms with Gasteiger partial charge in [-0.3, -0.25) is 9.69 Å². The van der Waals surface area contributed by atoms with Gasteiger partial charge in [0.05, 0.1) is 5.92 Å². The minimum Gasteiger partial charge on any atom is -0.481 e. The Morgan fingerprint density at radius 2 is 2.05 bits per heavy atom. The highest BCUT2D eigenvalue weighted by Crippen LogP contribution is 2.25. The molecule has 4 heteroatoms. The Hall–Kier alpha value is -1.42. The minimum absolute atomic E-state index is 0.188. The summed E-state index contributed by atoms with van der Waals surface area (Å²) in [6.07, 6.45) is 0.819. The van der Waals surface area contributed by atoms with E-state index >= 15 is 0 Å². The van der Waals surface area contributed by atoms with Crippen molar-refractivity contribution in [2.45, 2.75) is 26.3 Å². The third-order valence-electron chi connectivity index (χ3n) is 4.03. The number of nitrogens with zero attached hydrogens (tertiary/aromatic N) is 1. The van der Waals surface area contributed by atoms with Gasteiger partial charge in [-0.1, -0.05) is 19.1 Å². The van der Waals surface area contributed by atoms with Gasteiger partial charge in [-0.05, 0) is 37.0 Å². The Morgan fingerprint density at radius 3 is 2.58 bits per heavy atom. The van der Waals surface area contributed by atoms with Crippen LogP contribution in [0.25, 0.3) is 0 Å². The molecule has 0 radical (unpaired) electrons. The first-order valence-corrected chi connectivity index (χ1v) is 6.68. The number of hydrogen-bond acceptors (Lipinski definition) is 2. The van der Waals surface area contributed by atoms with Gasteiger partial charge < -0.3 is 5.11 Å². The Labute approximate surface area is 113 Å². The highest BCUT2D eigenvalue weighted by atomic mass is 19.1. The number of likely N-dealkylation sites (tertiary alicyclic amines) is 1. The van der Waals surface area contributed by atoms with E-state index in [1.54, 1.807) is 12.1 Å². The van der Waals surface area contributed by atoms with Crippen LogP contribution < -0.4 is 0 Å². The van der Waals surface area contributed by atoms with Crippen LogP contribution in [0, 0.1) is 17.7 Å². The third kappa shape index (κ3) is 3.32. The molecule has 1 aliphatic heterocycles. The van der Waals surface area contributed by atoms with Crippen LogP contribution in [0.3, 0.4) is 0 Å². The lowest BCUT2D eigenvalue weighted by Gasteiger charge is -2.24. The average molecular weight is 265 g/mol. The van der Waals surface area contributed by atoms with Crippen molar-refractivity contribution in [1.82, 2.24) is 4.90 Å². The maximum atomic E-state index is 12.8. The van der Waals surface area contributed by atoms with E-state index in [0.29, 0.717) is 6.54 Å². The lowest BCUT2D eigenvalue weighted by atomic mass is 9.99. The summed E-state index contributed by atoms with van der Waals surface area (Å²) in [5.41, 5.74) is 1.08. The SMILES string of the molecule is CC1CN(C(C)Cc2ccc(F)cc2)CC1C(=O)O. The maximum Gasteiger partial charge on any atom is 0.308 e. The number of benzene rings is 1. The van der Waals surface area contributed by atoms with Crippen molar-refractivity contribution in [3.05, 3.63) is 35.6 Å². The first-order chi connectivity index (χ1) is 8.97. The number of halogens is 1. The van der Waals surface area contributed by atoms with Crippen molar-refractivity contribution >= 4 is 5.97 Å². The molecule has 1 aliphatic rings. The molecule has 0 aliphatic carbocycles. The predicted molar refractivity (Wildman–Crippen MR) is 71.4 cm³/mol. The Bertz CT molecular complexity index is 446. The normalized spacial score (nSPS) is 25.4. The summed E-state index contributed by atoms with van der Waals surface area (Å²) in [6.45, 7) is 5.52.